The van der Waals surface area contributed by atoms with Gasteiger partial charge in [-0.1, -0.05) is 40.7 Å². The number of ether oxygens (including phenoxy) is 2. The lowest BCUT2D eigenvalue weighted by molar-refractivity contribution is 0.0520. The highest BCUT2D eigenvalue weighted by atomic mass is 28.4. The first-order valence-corrected chi connectivity index (χ1v) is 17.9. The van der Waals surface area contributed by atoms with Gasteiger partial charge in [0.15, 0.2) is 16.6 Å². The highest BCUT2D eigenvalue weighted by molar-refractivity contribution is 6.86. The maximum Gasteiger partial charge on any atom is 0.407 e. The largest absolute Gasteiger partial charge is 0.492 e. The first-order chi connectivity index (χ1) is 15.3. The molecule has 8 heteroatoms. The van der Waals surface area contributed by atoms with Crippen LogP contribution in [-0.2, 0) is 26.8 Å². The second kappa shape index (κ2) is 10.3. The zero-order chi connectivity index (χ0) is 26.0. The fourth-order valence-corrected chi connectivity index (χ4v) is 7.67. The molecule has 1 aromatic rings. The minimum atomic E-state index is -1.87. The number of carbonyl (C=O) groups is 1. The van der Waals surface area contributed by atoms with E-state index in [9.17, 15) is 4.79 Å². The molecule has 0 saturated carbocycles. The molecular weight excluding hydrogens is 462 g/mol. The summed E-state index contributed by atoms with van der Waals surface area (Å²) in [7, 11) is -3.49. The summed E-state index contributed by atoms with van der Waals surface area (Å²) in [4.78, 5) is 11.9. The molecule has 0 radical (unpaired) electrons. The van der Waals surface area contributed by atoms with E-state index in [0.717, 1.165) is 16.9 Å². The number of benzene rings is 1. The van der Waals surface area contributed by atoms with Crippen LogP contribution in [0.4, 0.5) is 4.79 Å². The number of amides is 1. The van der Waals surface area contributed by atoms with E-state index in [1.54, 1.807) is 0 Å². The van der Waals surface area contributed by atoms with Crippen LogP contribution in [0.15, 0.2) is 18.2 Å². The van der Waals surface area contributed by atoms with Crippen LogP contribution >= 0.6 is 0 Å². The third-order valence-corrected chi connectivity index (χ3v) is 16.5. The highest BCUT2D eigenvalue weighted by Gasteiger charge is 2.62. The monoisotopic (exact) mass is 509 g/mol. The molecule has 0 bridgehead atoms. The van der Waals surface area contributed by atoms with E-state index in [0.29, 0.717) is 31.4 Å². The molecule has 0 aliphatic carbocycles. The van der Waals surface area contributed by atoms with Crippen LogP contribution in [0.1, 0.15) is 66.5 Å². The van der Waals surface area contributed by atoms with Gasteiger partial charge in [0.05, 0.1) is 19.8 Å². The van der Waals surface area contributed by atoms with Gasteiger partial charge in [-0.25, -0.2) is 4.79 Å². The number of nitrogens with one attached hydrogen (secondary N) is 1. The molecule has 34 heavy (non-hydrogen) atoms. The van der Waals surface area contributed by atoms with E-state index < -0.39 is 28.3 Å². The fraction of sp³-hybridized carbons (Fsp3) is 0.731. The Labute approximate surface area is 209 Å². The van der Waals surface area contributed by atoms with Crippen molar-refractivity contribution in [2.75, 3.05) is 13.2 Å². The molecule has 194 valence electrons. The number of hydrogen-bond acceptors (Lipinski definition) is 5. The quantitative estimate of drug-likeness (QED) is 0.272. The summed E-state index contributed by atoms with van der Waals surface area (Å²) >= 11 is 0. The fourth-order valence-electron chi connectivity index (χ4n) is 3.38. The van der Waals surface area contributed by atoms with E-state index >= 15 is 0 Å². The first kappa shape index (κ1) is 28.9. The Morgan fingerprint density at radius 2 is 1.62 bits per heavy atom. The average Bonchev–Trinajstić information content (AvgIpc) is 3.17. The maximum atomic E-state index is 11.9. The average molecular weight is 510 g/mol. The molecule has 1 fully saturated rings. The predicted octanol–water partition coefficient (Wildman–Crippen LogP) is 7.00. The minimum Gasteiger partial charge on any atom is -0.492 e. The van der Waals surface area contributed by atoms with Crippen molar-refractivity contribution < 1.29 is 23.1 Å². The van der Waals surface area contributed by atoms with E-state index in [4.69, 9.17) is 18.3 Å². The Morgan fingerprint density at radius 3 is 2.12 bits per heavy atom. The maximum absolute atomic E-state index is 11.9. The zero-order valence-electron chi connectivity index (χ0n) is 23.3. The van der Waals surface area contributed by atoms with Crippen molar-refractivity contribution in [2.45, 2.75) is 110 Å². The molecular formula is C26H47NO5Si2. The summed E-state index contributed by atoms with van der Waals surface area (Å²) in [5, 5.41) is 3.24. The zero-order valence-corrected chi connectivity index (χ0v) is 25.3. The van der Waals surface area contributed by atoms with Crippen molar-refractivity contribution in [3.63, 3.8) is 0 Å². The van der Waals surface area contributed by atoms with E-state index in [-0.39, 0.29) is 5.04 Å². The topological polar surface area (TPSA) is 66.0 Å². The lowest BCUT2D eigenvalue weighted by Gasteiger charge is -2.36. The molecule has 1 unspecified atom stereocenters. The normalized spacial score (nSPS) is 20.1. The third kappa shape index (κ3) is 8.39. The molecule has 2 rings (SSSR count). The predicted molar refractivity (Wildman–Crippen MR) is 143 cm³/mol. The minimum absolute atomic E-state index is 0.151. The second-order valence-electron chi connectivity index (χ2n) is 12.9. The van der Waals surface area contributed by atoms with Crippen molar-refractivity contribution in [1.82, 2.24) is 5.32 Å². The molecule has 1 aromatic carbocycles. The van der Waals surface area contributed by atoms with Crippen LogP contribution in [0.3, 0.4) is 0 Å². The lowest BCUT2D eigenvalue weighted by Crippen LogP contribution is -2.40. The van der Waals surface area contributed by atoms with Crippen molar-refractivity contribution in [2.24, 2.45) is 0 Å². The van der Waals surface area contributed by atoms with Crippen LogP contribution in [0, 0.1) is 0 Å². The first-order valence-electron chi connectivity index (χ1n) is 12.3. The van der Waals surface area contributed by atoms with Gasteiger partial charge >= 0.3 is 6.09 Å². The Morgan fingerprint density at radius 1 is 1.06 bits per heavy atom. The molecule has 6 nitrogen and oxygen atoms in total. The molecule has 1 N–H and O–H groups in total. The highest BCUT2D eigenvalue weighted by Crippen LogP contribution is 2.62. The molecule has 1 aliphatic heterocycles. The van der Waals surface area contributed by atoms with Gasteiger partial charge in [-0.2, -0.15) is 0 Å². The van der Waals surface area contributed by atoms with Crippen LogP contribution in [0.2, 0.25) is 35.8 Å². The third-order valence-electron chi connectivity index (χ3n) is 7.11. The van der Waals surface area contributed by atoms with Gasteiger partial charge in [-0.3, -0.25) is 0 Å². The van der Waals surface area contributed by atoms with Gasteiger partial charge in [0.25, 0.3) is 0 Å². The molecule has 0 spiro atoms. The number of rotatable bonds is 10. The van der Waals surface area contributed by atoms with Crippen LogP contribution in [-0.4, -0.2) is 41.5 Å². The Hall–Kier alpha value is -1.36. The van der Waals surface area contributed by atoms with Gasteiger partial charge in [-0.15, -0.1) is 0 Å². The molecule has 1 heterocycles. The molecule has 0 aromatic heterocycles. The van der Waals surface area contributed by atoms with Gasteiger partial charge in [0.2, 0.25) is 0 Å². The van der Waals surface area contributed by atoms with Crippen molar-refractivity contribution in [3.8, 4) is 5.75 Å². The summed E-state index contributed by atoms with van der Waals surface area (Å²) in [6.45, 7) is 25.6. The number of carbonyl (C=O) groups excluding carboxylic acids is 1. The Kier molecular flexibility index (Phi) is 8.77. The Bertz CT molecular complexity index is 858. The van der Waals surface area contributed by atoms with Gasteiger partial charge in [0, 0.05) is 0 Å². The lowest BCUT2D eigenvalue weighted by atomic mass is 10.1. The number of hydrogen-bond donors (Lipinski definition) is 1. The summed E-state index contributed by atoms with van der Waals surface area (Å²) in [5.74, 6) is 0.766. The Balaban J connectivity index is 2.04. The SMILES string of the molecule is CC(C)(C)OC(=O)NCCOc1cc(CO[Si](C)(C)C(C)(C)C)cc(CO[Si]2(C)CC2(C)C)c1. The van der Waals surface area contributed by atoms with Crippen molar-refractivity contribution in [1.29, 1.82) is 0 Å². The summed E-state index contributed by atoms with van der Waals surface area (Å²) < 4.78 is 24.2. The van der Waals surface area contributed by atoms with Crippen molar-refractivity contribution >= 4 is 22.7 Å². The van der Waals surface area contributed by atoms with Crippen molar-refractivity contribution in [3.05, 3.63) is 29.3 Å². The molecule has 1 aliphatic rings. The summed E-state index contributed by atoms with van der Waals surface area (Å²) in [6, 6.07) is 7.45. The van der Waals surface area contributed by atoms with Crippen LogP contribution < -0.4 is 10.1 Å². The number of alkyl carbamates (subject to hydrolysis) is 1. The second-order valence-corrected chi connectivity index (χ2v) is 22.2. The standard InChI is InChI=1S/C26H47NO5Si2/c1-24(2,3)32-23(28)27-12-13-29-22-15-20(17-30-33(9,10)25(4,5)6)14-21(16-22)18-31-34(11)19-26(34,7)8/h14-16H,12-13,17-19H2,1-11H3,(H,27,28). The molecule has 1 atom stereocenters. The van der Waals surface area contributed by atoms with E-state index in [1.165, 1.54) is 6.04 Å². The van der Waals surface area contributed by atoms with Gasteiger partial charge in [-0.05, 0) is 79.8 Å². The molecule has 1 saturated heterocycles. The summed E-state index contributed by atoms with van der Waals surface area (Å²) in [5.41, 5.74) is 1.67. The van der Waals surface area contributed by atoms with E-state index in [1.807, 2.05) is 32.9 Å². The van der Waals surface area contributed by atoms with E-state index in [2.05, 4.69) is 65.6 Å². The van der Waals surface area contributed by atoms with Crippen LogP contribution in [0.5, 0.6) is 5.75 Å². The smallest absolute Gasteiger partial charge is 0.407 e. The van der Waals surface area contributed by atoms with Crippen LogP contribution in [0.25, 0.3) is 0 Å². The molecule has 1 amide bonds. The van der Waals surface area contributed by atoms with Gasteiger partial charge < -0.3 is 23.6 Å². The summed E-state index contributed by atoms with van der Waals surface area (Å²) in [6.07, 6.45) is -0.438. The van der Waals surface area contributed by atoms with Gasteiger partial charge in [0.1, 0.15) is 18.0 Å².